The molecule has 2 aliphatic heterocycles. The second-order valence-corrected chi connectivity index (χ2v) is 6.88. The van der Waals surface area contributed by atoms with Gasteiger partial charge in [-0.15, -0.1) is 0 Å². The zero-order valence-electron chi connectivity index (χ0n) is 13.7. The molecule has 1 amide bonds. The summed E-state index contributed by atoms with van der Waals surface area (Å²) in [5.41, 5.74) is 3.14. The van der Waals surface area contributed by atoms with Crippen molar-refractivity contribution in [3.8, 4) is 0 Å². The number of benzene rings is 1. The van der Waals surface area contributed by atoms with Gasteiger partial charge in [0.2, 0.25) is 5.91 Å². The lowest BCUT2D eigenvalue weighted by molar-refractivity contribution is -0.132. The molecule has 2 saturated heterocycles. The van der Waals surface area contributed by atoms with E-state index in [1.54, 1.807) is 7.11 Å². The van der Waals surface area contributed by atoms with Crippen molar-refractivity contribution in [1.29, 1.82) is 0 Å². The molecule has 0 bridgehead atoms. The Morgan fingerprint density at radius 2 is 2.05 bits per heavy atom. The van der Waals surface area contributed by atoms with E-state index in [0.29, 0.717) is 18.4 Å². The van der Waals surface area contributed by atoms with Gasteiger partial charge < -0.3 is 9.64 Å². The Bertz CT molecular complexity index is 538. The molecule has 4 nitrogen and oxygen atoms in total. The highest BCUT2D eigenvalue weighted by atomic mass is 16.5. The van der Waals surface area contributed by atoms with Gasteiger partial charge in [-0.3, -0.25) is 9.69 Å². The summed E-state index contributed by atoms with van der Waals surface area (Å²) >= 11 is 0. The first-order valence-electron chi connectivity index (χ1n) is 8.15. The van der Waals surface area contributed by atoms with E-state index >= 15 is 0 Å². The highest BCUT2D eigenvalue weighted by Crippen LogP contribution is 2.40. The van der Waals surface area contributed by atoms with Crippen LogP contribution < -0.4 is 0 Å². The van der Waals surface area contributed by atoms with Gasteiger partial charge in [0.25, 0.3) is 0 Å². The monoisotopic (exact) mass is 302 g/mol. The SMILES string of the molecule is COCCC(=O)N1CCC2(CN(Cc3ccccc3C)C2)C1. The fourth-order valence-electron chi connectivity index (χ4n) is 3.80. The van der Waals surface area contributed by atoms with Crippen LogP contribution in [-0.2, 0) is 16.1 Å². The number of methoxy groups -OCH3 is 1. The molecule has 120 valence electrons. The maximum atomic E-state index is 12.1. The van der Waals surface area contributed by atoms with Crippen LogP contribution in [0.5, 0.6) is 0 Å². The molecule has 0 unspecified atom stereocenters. The standard InChI is InChI=1S/C18H26N2O2/c1-15-5-3-4-6-16(15)11-19-12-18(13-19)8-9-20(14-18)17(21)7-10-22-2/h3-6H,7-14H2,1-2H3. The molecule has 2 heterocycles. The van der Waals surface area contributed by atoms with Crippen LogP contribution >= 0.6 is 0 Å². The van der Waals surface area contributed by atoms with Crippen molar-refractivity contribution in [1.82, 2.24) is 9.80 Å². The predicted octanol–water partition coefficient (Wildman–Crippen LogP) is 2.07. The van der Waals surface area contributed by atoms with Gasteiger partial charge in [0.05, 0.1) is 13.0 Å². The minimum atomic E-state index is 0.246. The van der Waals surface area contributed by atoms with Gasteiger partial charge in [0.15, 0.2) is 0 Å². The molecule has 1 aromatic rings. The second kappa shape index (κ2) is 6.39. The topological polar surface area (TPSA) is 32.8 Å². The summed E-state index contributed by atoms with van der Waals surface area (Å²) in [6.45, 7) is 7.83. The normalized spacial score (nSPS) is 20.4. The summed E-state index contributed by atoms with van der Waals surface area (Å²) < 4.78 is 5.00. The molecule has 4 heteroatoms. The van der Waals surface area contributed by atoms with Crippen molar-refractivity contribution in [3.63, 3.8) is 0 Å². The molecule has 0 aromatic heterocycles. The molecule has 1 aromatic carbocycles. The van der Waals surface area contributed by atoms with Crippen molar-refractivity contribution >= 4 is 5.91 Å². The van der Waals surface area contributed by atoms with E-state index in [9.17, 15) is 4.79 Å². The van der Waals surface area contributed by atoms with Gasteiger partial charge >= 0.3 is 0 Å². The van der Waals surface area contributed by atoms with Crippen LogP contribution in [-0.4, -0.2) is 55.6 Å². The van der Waals surface area contributed by atoms with Crippen LogP contribution in [0.15, 0.2) is 24.3 Å². The van der Waals surface area contributed by atoms with Crippen molar-refractivity contribution < 1.29 is 9.53 Å². The largest absolute Gasteiger partial charge is 0.384 e. The summed E-state index contributed by atoms with van der Waals surface area (Å²) in [5, 5.41) is 0. The van der Waals surface area contributed by atoms with Crippen LogP contribution in [0.2, 0.25) is 0 Å². The maximum absolute atomic E-state index is 12.1. The predicted molar refractivity (Wildman–Crippen MR) is 86.6 cm³/mol. The third-order valence-electron chi connectivity index (χ3n) is 5.08. The highest BCUT2D eigenvalue weighted by molar-refractivity contribution is 5.76. The van der Waals surface area contributed by atoms with Crippen molar-refractivity contribution in [2.45, 2.75) is 26.3 Å². The number of hydrogen-bond acceptors (Lipinski definition) is 3. The Labute approximate surface area is 133 Å². The molecule has 1 spiro atoms. The third kappa shape index (κ3) is 3.18. The van der Waals surface area contributed by atoms with Crippen molar-refractivity contribution in [2.75, 3.05) is 39.9 Å². The Hall–Kier alpha value is -1.39. The Morgan fingerprint density at radius 1 is 1.27 bits per heavy atom. The van der Waals surface area contributed by atoms with E-state index in [0.717, 1.165) is 39.1 Å². The van der Waals surface area contributed by atoms with E-state index in [4.69, 9.17) is 4.74 Å². The minimum absolute atomic E-state index is 0.246. The first-order valence-corrected chi connectivity index (χ1v) is 8.15. The summed E-state index contributed by atoms with van der Waals surface area (Å²) in [7, 11) is 1.65. The van der Waals surface area contributed by atoms with Crippen LogP contribution in [0.1, 0.15) is 24.0 Å². The Balaban J connectivity index is 1.49. The smallest absolute Gasteiger partial charge is 0.224 e. The number of rotatable bonds is 5. The molecule has 2 aliphatic rings. The molecule has 0 atom stereocenters. The number of nitrogens with zero attached hydrogens (tertiary/aromatic N) is 2. The summed E-state index contributed by atoms with van der Waals surface area (Å²) in [6.07, 6.45) is 1.66. The summed E-state index contributed by atoms with van der Waals surface area (Å²) in [5.74, 6) is 0.246. The fourth-order valence-corrected chi connectivity index (χ4v) is 3.80. The van der Waals surface area contributed by atoms with Gasteiger partial charge in [-0.05, 0) is 24.5 Å². The second-order valence-electron chi connectivity index (χ2n) is 6.88. The number of ether oxygens (including phenoxy) is 1. The number of hydrogen-bond donors (Lipinski definition) is 0. The highest BCUT2D eigenvalue weighted by Gasteiger charge is 2.48. The van der Waals surface area contributed by atoms with Gasteiger partial charge in [0.1, 0.15) is 0 Å². The minimum Gasteiger partial charge on any atom is -0.384 e. The molecule has 2 fully saturated rings. The average molecular weight is 302 g/mol. The molecular weight excluding hydrogens is 276 g/mol. The lowest BCUT2D eigenvalue weighted by Gasteiger charge is -2.48. The van der Waals surface area contributed by atoms with Gasteiger partial charge in [-0.25, -0.2) is 0 Å². The van der Waals surface area contributed by atoms with E-state index in [1.165, 1.54) is 11.1 Å². The lowest BCUT2D eigenvalue weighted by atomic mass is 9.79. The van der Waals surface area contributed by atoms with Gasteiger partial charge in [-0.2, -0.15) is 0 Å². The molecular formula is C18H26N2O2. The molecule has 3 rings (SSSR count). The van der Waals surface area contributed by atoms with Crippen LogP contribution in [0.4, 0.5) is 0 Å². The van der Waals surface area contributed by atoms with Crippen molar-refractivity contribution in [3.05, 3.63) is 35.4 Å². The zero-order chi connectivity index (χ0) is 15.6. The number of aryl methyl sites for hydroxylation is 1. The summed E-state index contributed by atoms with van der Waals surface area (Å²) in [6, 6.07) is 8.60. The molecule has 0 N–H and O–H groups in total. The fraction of sp³-hybridized carbons (Fsp3) is 0.611. The number of likely N-dealkylation sites (tertiary alicyclic amines) is 2. The quantitative estimate of drug-likeness (QED) is 0.835. The third-order valence-corrected chi connectivity index (χ3v) is 5.08. The van der Waals surface area contributed by atoms with E-state index in [1.807, 2.05) is 4.90 Å². The van der Waals surface area contributed by atoms with Crippen LogP contribution in [0, 0.1) is 12.3 Å². The molecule has 22 heavy (non-hydrogen) atoms. The maximum Gasteiger partial charge on any atom is 0.224 e. The van der Waals surface area contributed by atoms with Crippen molar-refractivity contribution in [2.24, 2.45) is 5.41 Å². The Morgan fingerprint density at radius 3 is 2.77 bits per heavy atom. The molecule has 0 aliphatic carbocycles. The summed E-state index contributed by atoms with van der Waals surface area (Å²) in [4.78, 5) is 16.6. The Kier molecular flexibility index (Phi) is 4.50. The van der Waals surface area contributed by atoms with Gasteiger partial charge in [-0.1, -0.05) is 24.3 Å². The number of carbonyl (C=O) groups excluding carboxylic acids is 1. The van der Waals surface area contributed by atoms with E-state index in [-0.39, 0.29) is 5.91 Å². The number of amides is 1. The van der Waals surface area contributed by atoms with Crippen LogP contribution in [0.25, 0.3) is 0 Å². The average Bonchev–Trinajstić information content (AvgIpc) is 2.92. The van der Waals surface area contributed by atoms with Crippen LogP contribution in [0.3, 0.4) is 0 Å². The van der Waals surface area contributed by atoms with E-state index < -0.39 is 0 Å². The molecule has 0 saturated carbocycles. The first kappa shape index (κ1) is 15.5. The van der Waals surface area contributed by atoms with E-state index in [2.05, 4.69) is 36.1 Å². The molecule has 0 radical (unpaired) electrons. The lowest BCUT2D eigenvalue weighted by Crippen LogP contribution is -2.57. The first-order chi connectivity index (χ1) is 10.6. The number of carbonyl (C=O) groups is 1. The zero-order valence-corrected chi connectivity index (χ0v) is 13.7. The van der Waals surface area contributed by atoms with Gasteiger partial charge in [0, 0.05) is 45.2 Å².